The molecule has 0 aliphatic carbocycles. The number of carbonyl (C=O) groups excluding carboxylic acids is 1. The lowest BCUT2D eigenvalue weighted by Gasteiger charge is -2.06. The van der Waals surface area contributed by atoms with E-state index < -0.39 is 11.7 Å². The normalized spacial score (nSPS) is 10.7. The largest absolute Gasteiger partial charge is 0.497 e. The first-order valence-electron chi connectivity index (χ1n) is 6.98. The Morgan fingerprint density at radius 1 is 1.21 bits per heavy atom. The van der Waals surface area contributed by atoms with E-state index in [9.17, 15) is 14.4 Å². The number of anilines is 1. The van der Waals surface area contributed by atoms with Crippen molar-refractivity contribution in [2.45, 2.75) is 0 Å². The molecule has 0 unspecified atom stereocenters. The standard InChI is InChI=1S/C18H15FN2O3/c1-23-15-5-3-4-14(10-15)21-18(22)13(11-20)8-12-6-7-17(24-2)16(19)9-12/h3-10H,1-2H3,(H,21,22)/b13-8+. The molecule has 0 spiro atoms. The van der Waals surface area contributed by atoms with Crippen LogP contribution in [0.4, 0.5) is 10.1 Å². The van der Waals surface area contributed by atoms with Crippen molar-refractivity contribution in [3.63, 3.8) is 0 Å². The van der Waals surface area contributed by atoms with Crippen LogP contribution in [0.3, 0.4) is 0 Å². The van der Waals surface area contributed by atoms with Gasteiger partial charge in [0.05, 0.1) is 14.2 Å². The van der Waals surface area contributed by atoms with E-state index in [2.05, 4.69) is 5.32 Å². The predicted octanol–water partition coefficient (Wildman–Crippen LogP) is 3.39. The number of benzene rings is 2. The molecule has 0 saturated carbocycles. The number of nitrogens with one attached hydrogen (secondary N) is 1. The van der Waals surface area contributed by atoms with E-state index in [1.165, 1.54) is 32.4 Å². The Hall–Kier alpha value is -3.33. The molecule has 1 amide bonds. The molecule has 0 radical (unpaired) electrons. The number of carbonyl (C=O) groups is 1. The zero-order chi connectivity index (χ0) is 17.5. The summed E-state index contributed by atoms with van der Waals surface area (Å²) in [6, 6.07) is 12.7. The zero-order valence-corrected chi connectivity index (χ0v) is 13.2. The molecule has 0 aromatic heterocycles. The maximum Gasteiger partial charge on any atom is 0.266 e. The molecule has 5 nitrogen and oxygen atoms in total. The number of rotatable bonds is 5. The maximum absolute atomic E-state index is 13.7. The fourth-order valence-corrected chi connectivity index (χ4v) is 1.99. The Morgan fingerprint density at radius 3 is 2.62 bits per heavy atom. The Kier molecular flexibility index (Phi) is 5.53. The second-order valence-corrected chi connectivity index (χ2v) is 4.75. The van der Waals surface area contributed by atoms with Crippen molar-refractivity contribution in [3.05, 3.63) is 59.4 Å². The van der Waals surface area contributed by atoms with Crippen LogP contribution in [0.15, 0.2) is 48.0 Å². The fourth-order valence-electron chi connectivity index (χ4n) is 1.99. The van der Waals surface area contributed by atoms with Crippen LogP contribution in [-0.4, -0.2) is 20.1 Å². The van der Waals surface area contributed by atoms with Gasteiger partial charge in [-0.15, -0.1) is 0 Å². The van der Waals surface area contributed by atoms with Gasteiger partial charge in [0.1, 0.15) is 17.4 Å². The number of nitrogens with zero attached hydrogens (tertiary/aromatic N) is 1. The number of halogens is 1. The summed E-state index contributed by atoms with van der Waals surface area (Å²) in [7, 11) is 2.87. The third-order valence-electron chi connectivity index (χ3n) is 3.18. The molecule has 6 heteroatoms. The monoisotopic (exact) mass is 326 g/mol. The van der Waals surface area contributed by atoms with Gasteiger partial charge in [0.2, 0.25) is 0 Å². The van der Waals surface area contributed by atoms with E-state index >= 15 is 0 Å². The van der Waals surface area contributed by atoms with E-state index in [1.54, 1.807) is 30.3 Å². The first-order chi connectivity index (χ1) is 11.6. The van der Waals surface area contributed by atoms with Gasteiger partial charge in [-0.05, 0) is 35.9 Å². The molecule has 2 aromatic carbocycles. The summed E-state index contributed by atoms with van der Waals surface area (Å²) in [6.07, 6.45) is 1.30. The van der Waals surface area contributed by atoms with Crippen molar-refractivity contribution in [2.75, 3.05) is 19.5 Å². The quantitative estimate of drug-likeness (QED) is 0.675. The van der Waals surface area contributed by atoms with E-state index in [4.69, 9.17) is 9.47 Å². The molecule has 0 aliphatic heterocycles. The van der Waals surface area contributed by atoms with Crippen molar-refractivity contribution in [1.82, 2.24) is 0 Å². The number of hydrogen-bond acceptors (Lipinski definition) is 4. The minimum absolute atomic E-state index is 0.0893. The Balaban J connectivity index is 2.22. The fraction of sp³-hybridized carbons (Fsp3) is 0.111. The molecular formula is C18H15FN2O3. The van der Waals surface area contributed by atoms with Gasteiger partial charge in [0, 0.05) is 11.8 Å². The lowest BCUT2D eigenvalue weighted by molar-refractivity contribution is -0.112. The molecule has 0 bridgehead atoms. The number of amides is 1. The van der Waals surface area contributed by atoms with Crippen LogP contribution in [0.25, 0.3) is 6.08 Å². The lowest BCUT2D eigenvalue weighted by atomic mass is 10.1. The van der Waals surface area contributed by atoms with Crippen molar-refractivity contribution < 1.29 is 18.7 Å². The highest BCUT2D eigenvalue weighted by Crippen LogP contribution is 2.20. The van der Waals surface area contributed by atoms with Gasteiger partial charge in [0.25, 0.3) is 5.91 Å². The van der Waals surface area contributed by atoms with Crippen molar-refractivity contribution in [3.8, 4) is 17.6 Å². The van der Waals surface area contributed by atoms with Gasteiger partial charge in [-0.25, -0.2) is 4.39 Å². The average Bonchev–Trinajstić information content (AvgIpc) is 2.59. The van der Waals surface area contributed by atoms with Crippen LogP contribution >= 0.6 is 0 Å². The van der Waals surface area contributed by atoms with Crippen LogP contribution in [0.5, 0.6) is 11.5 Å². The summed E-state index contributed by atoms with van der Waals surface area (Å²) in [5.74, 6) is -0.502. The number of methoxy groups -OCH3 is 2. The minimum Gasteiger partial charge on any atom is -0.497 e. The third kappa shape index (κ3) is 4.11. The highest BCUT2D eigenvalue weighted by molar-refractivity contribution is 6.09. The Morgan fingerprint density at radius 2 is 2.00 bits per heavy atom. The third-order valence-corrected chi connectivity index (χ3v) is 3.18. The van der Waals surface area contributed by atoms with Crippen LogP contribution < -0.4 is 14.8 Å². The van der Waals surface area contributed by atoms with E-state index in [0.717, 1.165) is 0 Å². The van der Waals surface area contributed by atoms with E-state index in [0.29, 0.717) is 17.0 Å². The van der Waals surface area contributed by atoms with Gasteiger partial charge in [0.15, 0.2) is 11.6 Å². The Labute approximate surface area is 138 Å². The number of ether oxygens (including phenoxy) is 2. The molecule has 2 rings (SSSR count). The van der Waals surface area contributed by atoms with Gasteiger partial charge < -0.3 is 14.8 Å². The van der Waals surface area contributed by atoms with E-state index in [1.807, 2.05) is 6.07 Å². The molecule has 122 valence electrons. The molecule has 1 N–H and O–H groups in total. The van der Waals surface area contributed by atoms with Gasteiger partial charge >= 0.3 is 0 Å². The highest BCUT2D eigenvalue weighted by Gasteiger charge is 2.11. The lowest BCUT2D eigenvalue weighted by Crippen LogP contribution is -2.13. The summed E-state index contributed by atoms with van der Waals surface area (Å²) < 4.78 is 23.6. The molecular weight excluding hydrogens is 311 g/mol. The van der Waals surface area contributed by atoms with Crippen LogP contribution in [0, 0.1) is 17.1 Å². The number of nitriles is 1. The van der Waals surface area contributed by atoms with Crippen LogP contribution in [0.2, 0.25) is 0 Å². The summed E-state index contributed by atoms with van der Waals surface area (Å²) in [4.78, 5) is 12.2. The van der Waals surface area contributed by atoms with Gasteiger partial charge in [-0.1, -0.05) is 12.1 Å². The molecule has 2 aromatic rings. The first kappa shape index (κ1) is 17.0. The SMILES string of the molecule is COc1cccc(NC(=O)/C(C#N)=C/c2ccc(OC)c(F)c2)c1. The van der Waals surface area contributed by atoms with Crippen molar-refractivity contribution in [2.24, 2.45) is 0 Å². The smallest absolute Gasteiger partial charge is 0.266 e. The second-order valence-electron chi connectivity index (χ2n) is 4.75. The molecule has 0 aliphatic rings. The maximum atomic E-state index is 13.7. The summed E-state index contributed by atoms with van der Waals surface area (Å²) in [5.41, 5.74) is 0.717. The predicted molar refractivity (Wildman–Crippen MR) is 88.2 cm³/mol. The van der Waals surface area contributed by atoms with Crippen LogP contribution in [-0.2, 0) is 4.79 Å². The second kappa shape index (κ2) is 7.79. The molecule has 24 heavy (non-hydrogen) atoms. The van der Waals surface area contributed by atoms with Crippen molar-refractivity contribution in [1.29, 1.82) is 5.26 Å². The topological polar surface area (TPSA) is 71.3 Å². The summed E-state index contributed by atoms with van der Waals surface area (Å²) in [5, 5.41) is 11.8. The minimum atomic E-state index is -0.595. The average molecular weight is 326 g/mol. The first-order valence-corrected chi connectivity index (χ1v) is 6.98. The molecule has 0 heterocycles. The molecule has 0 saturated heterocycles. The Bertz CT molecular complexity index is 825. The van der Waals surface area contributed by atoms with Crippen molar-refractivity contribution >= 4 is 17.7 Å². The van der Waals surface area contributed by atoms with E-state index in [-0.39, 0.29) is 11.3 Å². The van der Waals surface area contributed by atoms with Gasteiger partial charge in [-0.2, -0.15) is 5.26 Å². The molecule has 0 fully saturated rings. The molecule has 0 atom stereocenters. The van der Waals surface area contributed by atoms with Crippen LogP contribution in [0.1, 0.15) is 5.56 Å². The summed E-state index contributed by atoms with van der Waals surface area (Å²) >= 11 is 0. The zero-order valence-electron chi connectivity index (χ0n) is 13.2. The number of hydrogen-bond donors (Lipinski definition) is 1. The highest BCUT2D eigenvalue weighted by atomic mass is 19.1. The summed E-state index contributed by atoms with van der Waals surface area (Å²) in [6.45, 7) is 0. The van der Waals surface area contributed by atoms with Gasteiger partial charge in [-0.3, -0.25) is 4.79 Å².